The van der Waals surface area contributed by atoms with Gasteiger partial charge in [0.25, 0.3) is 0 Å². The molecule has 0 aliphatic heterocycles. The summed E-state index contributed by atoms with van der Waals surface area (Å²) < 4.78 is 0. The van der Waals surface area contributed by atoms with Crippen LogP contribution in [0, 0.1) is 0 Å². The third-order valence-electron chi connectivity index (χ3n) is 3.46. The molecule has 1 aromatic heterocycles. The molecule has 0 spiro atoms. The van der Waals surface area contributed by atoms with E-state index in [1.54, 1.807) is 6.20 Å². The van der Waals surface area contributed by atoms with Crippen molar-refractivity contribution in [2.75, 3.05) is 5.32 Å². The number of hydrogen-bond acceptors (Lipinski definition) is 3. The average molecular weight is 271 g/mol. The Hall–Kier alpha value is -2.94. The maximum Gasteiger partial charge on any atom is 0.149 e. The van der Waals surface area contributed by atoms with Crippen molar-refractivity contribution in [2.45, 2.75) is 0 Å². The Morgan fingerprint density at radius 2 is 1.38 bits per heavy atom. The second-order valence-corrected chi connectivity index (χ2v) is 4.93. The summed E-state index contributed by atoms with van der Waals surface area (Å²) in [6.45, 7) is 0. The average Bonchev–Trinajstić information content (AvgIpc) is 2.54. The summed E-state index contributed by atoms with van der Waals surface area (Å²) in [5, 5.41) is 5.63. The van der Waals surface area contributed by atoms with Gasteiger partial charge in [0.05, 0.1) is 17.2 Å². The normalized spacial score (nSPS) is 10.9. The molecule has 4 rings (SSSR count). The fourth-order valence-electron chi connectivity index (χ4n) is 2.43. The molecule has 0 amide bonds. The SMILES string of the molecule is c1ccc(Nc2cnc3cc4ccccc4cc3n2)cc1. The summed E-state index contributed by atoms with van der Waals surface area (Å²) in [7, 11) is 0. The Balaban J connectivity index is 1.80. The summed E-state index contributed by atoms with van der Waals surface area (Å²) in [6, 6.07) is 22.4. The van der Waals surface area contributed by atoms with Crippen molar-refractivity contribution in [3.63, 3.8) is 0 Å². The van der Waals surface area contributed by atoms with Crippen LogP contribution in [0.1, 0.15) is 0 Å². The van der Waals surface area contributed by atoms with Crippen molar-refractivity contribution in [3.05, 3.63) is 72.9 Å². The van der Waals surface area contributed by atoms with E-state index >= 15 is 0 Å². The molecule has 3 heteroatoms. The van der Waals surface area contributed by atoms with Crippen LogP contribution in [0.3, 0.4) is 0 Å². The maximum atomic E-state index is 4.65. The molecule has 1 N–H and O–H groups in total. The van der Waals surface area contributed by atoms with Crippen LogP contribution in [0.2, 0.25) is 0 Å². The van der Waals surface area contributed by atoms with Gasteiger partial charge in [0.1, 0.15) is 5.82 Å². The molecule has 0 aliphatic carbocycles. The van der Waals surface area contributed by atoms with Gasteiger partial charge in [-0.3, -0.25) is 4.98 Å². The van der Waals surface area contributed by atoms with Crippen LogP contribution in [0.15, 0.2) is 72.9 Å². The summed E-state index contributed by atoms with van der Waals surface area (Å²) in [6.07, 6.45) is 1.77. The molecule has 0 fully saturated rings. The zero-order valence-corrected chi connectivity index (χ0v) is 11.3. The Kier molecular flexibility index (Phi) is 2.75. The Morgan fingerprint density at radius 3 is 2.14 bits per heavy atom. The van der Waals surface area contributed by atoms with Gasteiger partial charge in [-0.05, 0) is 35.0 Å². The summed E-state index contributed by atoms with van der Waals surface area (Å²) >= 11 is 0. The Bertz CT molecular complexity index is 917. The molecule has 0 unspecified atom stereocenters. The van der Waals surface area contributed by atoms with Crippen LogP contribution < -0.4 is 5.32 Å². The van der Waals surface area contributed by atoms with Crippen molar-refractivity contribution in [1.82, 2.24) is 9.97 Å². The topological polar surface area (TPSA) is 37.8 Å². The number of benzene rings is 3. The Labute approximate surface area is 122 Å². The second-order valence-electron chi connectivity index (χ2n) is 4.93. The van der Waals surface area contributed by atoms with Gasteiger partial charge in [0.15, 0.2) is 0 Å². The lowest BCUT2D eigenvalue weighted by molar-refractivity contribution is 1.28. The molecule has 1 heterocycles. The van der Waals surface area contributed by atoms with Crippen molar-refractivity contribution >= 4 is 33.3 Å². The minimum absolute atomic E-state index is 0.754. The van der Waals surface area contributed by atoms with Crippen molar-refractivity contribution in [3.8, 4) is 0 Å². The van der Waals surface area contributed by atoms with Crippen LogP contribution >= 0.6 is 0 Å². The van der Waals surface area contributed by atoms with Gasteiger partial charge in [-0.2, -0.15) is 0 Å². The van der Waals surface area contributed by atoms with Gasteiger partial charge in [0.2, 0.25) is 0 Å². The smallest absolute Gasteiger partial charge is 0.149 e. The van der Waals surface area contributed by atoms with Crippen LogP contribution in [0.4, 0.5) is 11.5 Å². The second kappa shape index (κ2) is 4.87. The first kappa shape index (κ1) is 11.9. The zero-order valence-electron chi connectivity index (χ0n) is 11.3. The lowest BCUT2D eigenvalue weighted by Crippen LogP contribution is -1.95. The molecule has 4 aromatic rings. The van der Waals surface area contributed by atoms with Crippen molar-refractivity contribution in [1.29, 1.82) is 0 Å². The van der Waals surface area contributed by atoms with E-state index in [-0.39, 0.29) is 0 Å². The van der Waals surface area contributed by atoms with Crippen molar-refractivity contribution < 1.29 is 0 Å². The van der Waals surface area contributed by atoms with Gasteiger partial charge < -0.3 is 5.32 Å². The molecular formula is C18H13N3. The molecule has 0 atom stereocenters. The summed E-state index contributed by atoms with van der Waals surface area (Å²) in [5.74, 6) is 0.754. The van der Waals surface area contributed by atoms with Gasteiger partial charge in [-0.25, -0.2) is 4.98 Å². The first-order valence-corrected chi connectivity index (χ1v) is 6.86. The molecule has 0 saturated heterocycles. The van der Waals surface area contributed by atoms with Crippen molar-refractivity contribution in [2.24, 2.45) is 0 Å². The molecule has 21 heavy (non-hydrogen) atoms. The lowest BCUT2D eigenvalue weighted by atomic mass is 10.1. The number of anilines is 2. The highest BCUT2D eigenvalue weighted by Gasteiger charge is 2.02. The van der Waals surface area contributed by atoms with Crippen LogP contribution in [-0.4, -0.2) is 9.97 Å². The van der Waals surface area contributed by atoms with Crippen LogP contribution in [0.5, 0.6) is 0 Å². The molecule has 0 aliphatic rings. The van der Waals surface area contributed by atoms with E-state index in [1.807, 2.05) is 42.5 Å². The number of fused-ring (bicyclic) bond motifs is 2. The van der Waals surface area contributed by atoms with Crippen LogP contribution in [0.25, 0.3) is 21.8 Å². The van der Waals surface area contributed by atoms with E-state index in [2.05, 4.69) is 39.6 Å². The molecular weight excluding hydrogens is 258 g/mol. The standard InChI is InChI=1S/C18H13N3/c1-2-8-15(9-3-1)20-18-12-19-16-10-13-6-4-5-7-14(13)11-17(16)21-18/h1-12H,(H,20,21). The summed E-state index contributed by atoms with van der Waals surface area (Å²) in [4.78, 5) is 9.15. The molecule has 3 aromatic carbocycles. The fourth-order valence-corrected chi connectivity index (χ4v) is 2.43. The van der Waals surface area contributed by atoms with Gasteiger partial charge in [-0.15, -0.1) is 0 Å². The molecule has 100 valence electrons. The molecule has 0 saturated carbocycles. The quantitative estimate of drug-likeness (QED) is 0.544. The minimum Gasteiger partial charge on any atom is -0.339 e. The van der Waals surface area contributed by atoms with E-state index in [9.17, 15) is 0 Å². The number of nitrogens with one attached hydrogen (secondary N) is 1. The predicted molar refractivity (Wildman–Crippen MR) is 86.8 cm³/mol. The summed E-state index contributed by atoms with van der Waals surface area (Å²) in [5.41, 5.74) is 2.81. The Morgan fingerprint density at radius 1 is 0.714 bits per heavy atom. The lowest BCUT2D eigenvalue weighted by Gasteiger charge is -2.06. The minimum atomic E-state index is 0.754. The first-order chi connectivity index (χ1) is 10.4. The fraction of sp³-hybridized carbons (Fsp3) is 0. The maximum absolute atomic E-state index is 4.65. The predicted octanol–water partition coefficient (Wildman–Crippen LogP) is 4.53. The molecule has 0 bridgehead atoms. The number of rotatable bonds is 2. The highest BCUT2D eigenvalue weighted by Crippen LogP contribution is 2.22. The van der Waals surface area contributed by atoms with Gasteiger partial charge in [0, 0.05) is 5.69 Å². The van der Waals surface area contributed by atoms with E-state index in [4.69, 9.17) is 0 Å². The largest absolute Gasteiger partial charge is 0.339 e. The number of aromatic nitrogens is 2. The molecule has 0 radical (unpaired) electrons. The van der Waals surface area contributed by atoms with Crippen LogP contribution in [-0.2, 0) is 0 Å². The number of para-hydroxylation sites is 1. The first-order valence-electron chi connectivity index (χ1n) is 6.86. The third kappa shape index (κ3) is 2.30. The highest BCUT2D eigenvalue weighted by atomic mass is 15.0. The number of hydrogen-bond donors (Lipinski definition) is 1. The van der Waals surface area contributed by atoms with Gasteiger partial charge >= 0.3 is 0 Å². The van der Waals surface area contributed by atoms with E-state index in [0.717, 1.165) is 22.5 Å². The highest BCUT2D eigenvalue weighted by molar-refractivity contribution is 5.95. The van der Waals surface area contributed by atoms with E-state index in [0.29, 0.717) is 0 Å². The van der Waals surface area contributed by atoms with E-state index in [1.165, 1.54) is 10.8 Å². The third-order valence-corrected chi connectivity index (χ3v) is 3.46. The molecule has 3 nitrogen and oxygen atoms in total. The zero-order chi connectivity index (χ0) is 14.1. The number of nitrogens with zero attached hydrogens (tertiary/aromatic N) is 2. The van der Waals surface area contributed by atoms with E-state index < -0.39 is 0 Å². The van der Waals surface area contributed by atoms with Gasteiger partial charge in [-0.1, -0.05) is 42.5 Å². The monoisotopic (exact) mass is 271 g/mol.